The van der Waals surface area contributed by atoms with Gasteiger partial charge in [-0.2, -0.15) is 0 Å². The van der Waals surface area contributed by atoms with Crippen molar-refractivity contribution >= 4 is 41.5 Å². The van der Waals surface area contributed by atoms with Gasteiger partial charge in [0.1, 0.15) is 18.1 Å². The van der Waals surface area contributed by atoms with E-state index in [0.717, 1.165) is 0 Å². The zero-order valence-electron chi connectivity index (χ0n) is 20.3. The van der Waals surface area contributed by atoms with Crippen molar-refractivity contribution in [2.75, 3.05) is 19.6 Å². The minimum absolute atomic E-state index is 0.126. The quantitative estimate of drug-likeness (QED) is 0.101. The minimum Gasteiger partial charge on any atom is -0.481 e. The standard InChI is InChI=1S/C21H36N8O7/c1-12-18(34)29-13(6-5-9-25-21(22)23)19(35)26-11-16(31)28-14(10-17(32)33)20(36)24-8-4-2-3-7-15(30)27-12/h12-14H,2-11H2,1H3,(H,24,36)(H,26,35)(H,27,30)(H,28,31)(H,29,34)(H,32,33)(H4,22,23,25)/t12-,13-,14-/m0/s1. The molecule has 5 amide bonds. The van der Waals surface area contributed by atoms with Crippen LogP contribution in [0.15, 0.2) is 4.99 Å². The van der Waals surface area contributed by atoms with Crippen molar-refractivity contribution in [2.45, 2.75) is 70.0 Å². The van der Waals surface area contributed by atoms with Crippen LogP contribution >= 0.6 is 0 Å². The number of amides is 5. The Morgan fingerprint density at radius 2 is 1.61 bits per heavy atom. The summed E-state index contributed by atoms with van der Waals surface area (Å²) in [6.07, 6.45) is 1.59. The molecule has 3 atom stereocenters. The van der Waals surface area contributed by atoms with Gasteiger partial charge in [0.05, 0.1) is 13.0 Å². The minimum atomic E-state index is -1.34. The molecule has 0 aliphatic carbocycles. The molecule has 0 bridgehead atoms. The van der Waals surface area contributed by atoms with Crippen LogP contribution in [0.2, 0.25) is 0 Å². The van der Waals surface area contributed by atoms with Gasteiger partial charge in [0.25, 0.3) is 0 Å². The van der Waals surface area contributed by atoms with Gasteiger partial charge in [-0.3, -0.25) is 33.8 Å². The van der Waals surface area contributed by atoms with Crippen LogP contribution in [0.1, 0.15) is 51.9 Å². The van der Waals surface area contributed by atoms with Crippen LogP contribution in [0.3, 0.4) is 0 Å². The Morgan fingerprint density at radius 1 is 0.917 bits per heavy atom. The third-order valence-electron chi connectivity index (χ3n) is 5.18. The molecule has 1 aliphatic rings. The van der Waals surface area contributed by atoms with E-state index in [1.807, 2.05) is 0 Å². The predicted molar refractivity (Wildman–Crippen MR) is 128 cm³/mol. The Kier molecular flexibility index (Phi) is 13.3. The van der Waals surface area contributed by atoms with Crippen LogP contribution in [0.4, 0.5) is 0 Å². The highest BCUT2D eigenvalue weighted by molar-refractivity contribution is 5.94. The monoisotopic (exact) mass is 512 g/mol. The number of carbonyl (C=O) groups is 6. The van der Waals surface area contributed by atoms with E-state index in [-0.39, 0.29) is 37.8 Å². The summed E-state index contributed by atoms with van der Waals surface area (Å²) in [5.74, 6) is -4.51. The average Bonchev–Trinajstić information content (AvgIpc) is 2.79. The number of nitrogens with two attached hydrogens (primary N) is 2. The molecule has 0 aromatic heterocycles. The van der Waals surface area contributed by atoms with E-state index in [1.165, 1.54) is 6.92 Å². The number of guanidine groups is 1. The van der Waals surface area contributed by atoms with Crippen molar-refractivity contribution in [2.24, 2.45) is 16.5 Å². The Bertz CT molecular complexity index is 844. The number of carboxylic acids is 1. The number of hydrogen-bond acceptors (Lipinski definition) is 7. The largest absolute Gasteiger partial charge is 0.481 e. The fourth-order valence-corrected chi connectivity index (χ4v) is 3.29. The second kappa shape index (κ2) is 15.9. The lowest BCUT2D eigenvalue weighted by atomic mass is 10.1. The Hall–Kier alpha value is -3.91. The molecule has 202 valence electrons. The Morgan fingerprint density at radius 3 is 2.28 bits per heavy atom. The van der Waals surface area contributed by atoms with E-state index in [9.17, 15) is 28.8 Å². The van der Waals surface area contributed by atoms with Crippen LogP contribution < -0.4 is 38.1 Å². The van der Waals surface area contributed by atoms with E-state index < -0.39 is 60.7 Å². The fourth-order valence-electron chi connectivity index (χ4n) is 3.29. The molecule has 0 spiro atoms. The second-order valence-corrected chi connectivity index (χ2v) is 8.34. The zero-order chi connectivity index (χ0) is 27.1. The highest BCUT2D eigenvalue weighted by Gasteiger charge is 2.26. The highest BCUT2D eigenvalue weighted by Crippen LogP contribution is 2.03. The normalized spacial score (nSPS) is 23.4. The van der Waals surface area contributed by atoms with Crippen molar-refractivity contribution < 1.29 is 33.9 Å². The molecular formula is C21H36N8O7. The molecule has 0 unspecified atom stereocenters. The molecule has 15 heteroatoms. The molecule has 1 aliphatic heterocycles. The lowest BCUT2D eigenvalue weighted by Gasteiger charge is -2.21. The van der Waals surface area contributed by atoms with Crippen molar-refractivity contribution in [1.82, 2.24) is 26.6 Å². The van der Waals surface area contributed by atoms with E-state index in [4.69, 9.17) is 16.6 Å². The number of rotatable bonds is 6. The number of nitrogens with one attached hydrogen (secondary N) is 5. The van der Waals surface area contributed by atoms with Gasteiger partial charge in [-0.05, 0) is 32.6 Å². The molecule has 10 N–H and O–H groups in total. The van der Waals surface area contributed by atoms with Crippen molar-refractivity contribution in [3.63, 3.8) is 0 Å². The molecule has 36 heavy (non-hydrogen) atoms. The smallest absolute Gasteiger partial charge is 0.305 e. The van der Waals surface area contributed by atoms with E-state index in [2.05, 4.69) is 31.6 Å². The third kappa shape index (κ3) is 12.5. The molecule has 15 nitrogen and oxygen atoms in total. The molecular weight excluding hydrogens is 476 g/mol. The molecule has 0 saturated carbocycles. The summed E-state index contributed by atoms with van der Waals surface area (Å²) >= 11 is 0. The molecule has 0 aromatic rings. The van der Waals surface area contributed by atoms with E-state index >= 15 is 0 Å². The van der Waals surface area contributed by atoms with Gasteiger partial charge in [0.2, 0.25) is 29.5 Å². The van der Waals surface area contributed by atoms with Gasteiger partial charge < -0.3 is 43.2 Å². The highest BCUT2D eigenvalue weighted by atomic mass is 16.4. The lowest BCUT2D eigenvalue weighted by Crippen LogP contribution is -2.54. The number of aliphatic carboxylic acids is 1. The van der Waals surface area contributed by atoms with Gasteiger partial charge in [0, 0.05) is 19.5 Å². The maximum Gasteiger partial charge on any atom is 0.305 e. The summed E-state index contributed by atoms with van der Waals surface area (Å²) in [7, 11) is 0. The van der Waals surface area contributed by atoms with Gasteiger partial charge in [-0.15, -0.1) is 0 Å². The number of carboxylic acid groups (broad SMARTS) is 1. The fraction of sp³-hybridized carbons (Fsp3) is 0.667. The molecule has 1 rings (SSSR count). The first-order valence-corrected chi connectivity index (χ1v) is 11.7. The lowest BCUT2D eigenvalue weighted by molar-refractivity contribution is -0.140. The van der Waals surface area contributed by atoms with Crippen molar-refractivity contribution in [1.29, 1.82) is 0 Å². The molecule has 0 aromatic carbocycles. The van der Waals surface area contributed by atoms with Gasteiger partial charge in [0.15, 0.2) is 5.96 Å². The second-order valence-electron chi connectivity index (χ2n) is 8.34. The van der Waals surface area contributed by atoms with Crippen molar-refractivity contribution in [3.05, 3.63) is 0 Å². The summed E-state index contributed by atoms with van der Waals surface area (Å²) < 4.78 is 0. The molecule has 1 fully saturated rings. The first-order chi connectivity index (χ1) is 17.0. The number of nitrogens with zero attached hydrogens (tertiary/aromatic N) is 1. The summed E-state index contributed by atoms with van der Waals surface area (Å²) in [5, 5.41) is 21.4. The predicted octanol–water partition coefficient (Wildman–Crippen LogP) is -3.20. The van der Waals surface area contributed by atoms with Gasteiger partial charge in [-0.25, -0.2) is 0 Å². The van der Waals surface area contributed by atoms with E-state index in [1.54, 1.807) is 0 Å². The Balaban J connectivity index is 2.98. The molecule has 1 saturated heterocycles. The maximum absolute atomic E-state index is 12.7. The summed E-state index contributed by atoms with van der Waals surface area (Å²) in [4.78, 5) is 77.1. The van der Waals surface area contributed by atoms with Crippen LogP contribution in [-0.4, -0.2) is 84.3 Å². The van der Waals surface area contributed by atoms with Crippen LogP contribution in [0.5, 0.6) is 0 Å². The summed E-state index contributed by atoms with van der Waals surface area (Å²) in [5.41, 5.74) is 10.6. The summed E-state index contributed by atoms with van der Waals surface area (Å²) in [6.45, 7) is 1.34. The van der Waals surface area contributed by atoms with E-state index in [0.29, 0.717) is 25.7 Å². The number of carbonyl (C=O) groups excluding carboxylic acids is 5. The SMILES string of the molecule is C[C@@H]1NC(=O)CCCCCNC(=O)[C@H](CC(=O)O)NC(=O)CNC(=O)[C@H](CCCN=C(N)N)NC1=O. The molecule has 0 radical (unpaired) electrons. The third-order valence-corrected chi connectivity index (χ3v) is 5.18. The zero-order valence-corrected chi connectivity index (χ0v) is 20.3. The van der Waals surface area contributed by atoms with Crippen LogP contribution in [0.25, 0.3) is 0 Å². The Labute approximate surface area is 208 Å². The topological polar surface area (TPSA) is 247 Å². The number of hydrogen-bond donors (Lipinski definition) is 8. The van der Waals surface area contributed by atoms with Crippen molar-refractivity contribution in [3.8, 4) is 0 Å². The summed E-state index contributed by atoms with van der Waals surface area (Å²) in [6, 6.07) is -3.32. The van der Waals surface area contributed by atoms with Crippen LogP contribution in [0, 0.1) is 0 Å². The molecule has 1 heterocycles. The average molecular weight is 513 g/mol. The van der Waals surface area contributed by atoms with Crippen LogP contribution in [-0.2, 0) is 28.8 Å². The van der Waals surface area contributed by atoms with Gasteiger partial charge in [-0.1, -0.05) is 6.42 Å². The number of aliphatic imine (C=N–C) groups is 1. The first-order valence-electron chi connectivity index (χ1n) is 11.7. The maximum atomic E-state index is 12.7. The van der Waals surface area contributed by atoms with Gasteiger partial charge >= 0.3 is 5.97 Å². The first kappa shape index (κ1) is 30.1.